The number of aryl methyl sites for hydroxylation is 1. The van der Waals surface area contributed by atoms with E-state index in [2.05, 4.69) is 45.3 Å². The number of carbonyl (C=O) groups is 1. The lowest BCUT2D eigenvalue weighted by atomic mass is 10.0. The molecule has 1 unspecified atom stereocenters. The van der Waals surface area contributed by atoms with Crippen molar-refractivity contribution in [3.8, 4) is 0 Å². The summed E-state index contributed by atoms with van der Waals surface area (Å²) in [6.45, 7) is 5.90. The molecule has 0 aliphatic heterocycles. The second-order valence-electron chi connectivity index (χ2n) is 5.33. The summed E-state index contributed by atoms with van der Waals surface area (Å²) in [5.74, 6) is 1.18. The summed E-state index contributed by atoms with van der Waals surface area (Å²) in [5.41, 5.74) is 0.592. The molecule has 21 heavy (non-hydrogen) atoms. The van der Waals surface area contributed by atoms with Crippen LogP contribution in [0, 0.1) is 12.8 Å². The number of halogens is 1. The van der Waals surface area contributed by atoms with E-state index in [4.69, 9.17) is 4.42 Å². The normalized spacial score (nSPS) is 12.4. The zero-order chi connectivity index (χ0) is 15.4. The minimum Gasteiger partial charge on any atom is -0.423 e. The molecule has 5 nitrogen and oxygen atoms in total. The average molecular weight is 352 g/mol. The molecule has 0 aliphatic rings. The monoisotopic (exact) mass is 351 g/mol. The molecule has 1 amide bonds. The Labute approximate surface area is 132 Å². The number of carbonyl (C=O) groups excluding carboxylic acids is 1. The van der Waals surface area contributed by atoms with Gasteiger partial charge in [0.15, 0.2) is 0 Å². The number of nitrogens with one attached hydrogen (secondary N) is 1. The van der Waals surface area contributed by atoms with Crippen molar-refractivity contribution in [1.29, 1.82) is 0 Å². The zero-order valence-electron chi connectivity index (χ0n) is 12.3. The van der Waals surface area contributed by atoms with E-state index in [1.165, 1.54) is 0 Å². The molecule has 0 aliphatic carbocycles. The van der Waals surface area contributed by atoms with Crippen LogP contribution < -0.4 is 5.32 Å². The molecular weight excluding hydrogens is 334 g/mol. The maximum absolute atomic E-state index is 12.3. The van der Waals surface area contributed by atoms with Crippen molar-refractivity contribution < 1.29 is 9.21 Å². The number of nitrogens with zero attached hydrogens (tertiary/aromatic N) is 2. The molecule has 2 aromatic rings. The van der Waals surface area contributed by atoms with Gasteiger partial charge in [0.2, 0.25) is 11.8 Å². The van der Waals surface area contributed by atoms with Gasteiger partial charge in [0.05, 0.1) is 0 Å². The second-order valence-corrected chi connectivity index (χ2v) is 6.24. The van der Waals surface area contributed by atoms with Gasteiger partial charge < -0.3 is 9.73 Å². The largest absolute Gasteiger partial charge is 0.423 e. The van der Waals surface area contributed by atoms with Crippen molar-refractivity contribution in [2.75, 3.05) is 0 Å². The van der Waals surface area contributed by atoms with Crippen LogP contribution >= 0.6 is 15.9 Å². The summed E-state index contributed by atoms with van der Waals surface area (Å²) >= 11 is 3.36. The lowest BCUT2D eigenvalue weighted by Gasteiger charge is -2.17. The van der Waals surface area contributed by atoms with E-state index in [9.17, 15) is 4.79 Å². The van der Waals surface area contributed by atoms with Crippen LogP contribution in [0.4, 0.5) is 0 Å². The van der Waals surface area contributed by atoms with Crippen molar-refractivity contribution in [2.45, 2.75) is 33.2 Å². The molecular formula is C15H18BrN3O2. The van der Waals surface area contributed by atoms with Crippen molar-refractivity contribution in [3.63, 3.8) is 0 Å². The third-order valence-electron chi connectivity index (χ3n) is 2.94. The Bertz CT molecular complexity index is 625. The van der Waals surface area contributed by atoms with Crippen LogP contribution in [0.15, 0.2) is 33.2 Å². The quantitative estimate of drug-likeness (QED) is 0.892. The Morgan fingerprint density at radius 1 is 1.38 bits per heavy atom. The molecule has 1 atom stereocenters. The molecule has 0 saturated carbocycles. The van der Waals surface area contributed by atoms with Crippen LogP contribution in [-0.2, 0) is 0 Å². The molecule has 0 radical (unpaired) electrons. The fourth-order valence-electron chi connectivity index (χ4n) is 2.02. The second kappa shape index (κ2) is 6.85. The highest BCUT2D eigenvalue weighted by atomic mass is 79.9. The van der Waals surface area contributed by atoms with Crippen LogP contribution in [0.2, 0.25) is 0 Å². The van der Waals surface area contributed by atoms with Gasteiger partial charge in [-0.25, -0.2) is 0 Å². The Kier molecular flexibility index (Phi) is 5.12. The van der Waals surface area contributed by atoms with Gasteiger partial charge in [0.25, 0.3) is 5.91 Å². The standard InChI is InChI=1S/C15H18BrN3O2/c1-9(2)7-13(15-19-18-10(3)21-15)17-14(20)11-5-4-6-12(16)8-11/h4-6,8-9,13H,7H2,1-3H3,(H,17,20). The minimum absolute atomic E-state index is 0.155. The Morgan fingerprint density at radius 3 is 2.71 bits per heavy atom. The first-order valence-corrected chi connectivity index (χ1v) is 7.61. The molecule has 0 saturated heterocycles. The molecule has 6 heteroatoms. The van der Waals surface area contributed by atoms with Crippen LogP contribution in [0.3, 0.4) is 0 Å². The van der Waals surface area contributed by atoms with Crippen LogP contribution in [-0.4, -0.2) is 16.1 Å². The maximum Gasteiger partial charge on any atom is 0.251 e. The van der Waals surface area contributed by atoms with Gasteiger partial charge in [-0.3, -0.25) is 4.79 Å². The molecule has 0 fully saturated rings. The third kappa shape index (κ3) is 4.39. The van der Waals surface area contributed by atoms with E-state index in [-0.39, 0.29) is 11.9 Å². The first-order valence-electron chi connectivity index (χ1n) is 6.82. The summed E-state index contributed by atoms with van der Waals surface area (Å²) < 4.78 is 6.33. The highest BCUT2D eigenvalue weighted by Crippen LogP contribution is 2.21. The van der Waals surface area contributed by atoms with Gasteiger partial charge in [-0.1, -0.05) is 35.8 Å². The zero-order valence-corrected chi connectivity index (χ0v) is 13.8. The predicted octanol–water partition coefficient (Wildman–Crippen LogP) is 3.66. The van der Waals surface area contributed by atoms with E-state index in [1.54, 1.807) is 19.1 Å². The molecule has 1 aromatic carbocycles. The molecule has 112 valence electrons. The molecule has 1 N–H and O–H groups in total. The van der Waals surface area contributed by atoms with Crippen LogP contribution in [0.1, 0.15) is 48.4 Å². The SMILES string of the molecule is Cc1nnc(C(CC(C)C)NC(=O)c2cccc(Br)c2)o1. The summed E-state index contributed by atoms with van der Waals surface area (Å²) in [5, 5.41) is 10.8. The van der Waals surface area contributed by atoms with Gasteiger partial charge in [0.1, 0.15) is 6.04 Å². The van der Waals surface area contributed by atoms with Gasteiger partial charge >= 0.3 is 0 Å². The van der Waals surface area contributed by atoms with Crippen molar-refractivity contribution in [2.24, 2.45) is 5.92 Å². The first-order chi connectivity index (χ1) is 9.95. The first kappa shape index (κ1) is 15.7. The minimum atomic E-state index is -0.280. The van der Waals surface area contributed by atoms with E-state index in [0.29, 0.717) is 23.3 Å². The smallest absolute Gasteiger partial charge is 0.251 e. The van der Waals surface area contributed by atoms with Crippen molar-refractivity contribution in [1.82, 2.24) is 15.5 Å². The summed E-state index contributed by atoms with van der Waals surface area (Å²) in [4.78, 5) is 12.3. The van der Waals surface area contributed by atoms with Crippen LogP contribution in [0.25, 0.3) is 0 Å². The predicted molar refractivity (Wildman–Crippen MR) is 82.8 cm³/mol. The topological polar surface area (TPSA) is 68.0 Å². The van der Waals surface area contributed by atoms with Gasteiger partial charge in [-0.2, -0.15) is 0 Å². The number of amides is 1. The Balaban J connectivity index is 2.16. The van der Waals surface area contributed by atoms with E-state index >= 15 is 0 Å². The number of aromatic nitrogens is 2. The molecule has 0 spiro atoms. The fourth-order valence-corrected chi connectivity index (χ4v) is 2.42. The third-order valence-corrected chi connectivity index (χ3v) is 3.43. The Morgan fingerprint density at radius 2 is 2.14 bits per heavy atom. The fraction of sp³-hybridized carbons (Fsp3) is 0.400. The lowest BCUT2D eigenvalue weighted by molar-refractivity contribution is 0.0924. The summed E-state index contributed by atoms with van der Waals surface area (Å²) in [7, 11) is 0. The highest BCUT2D eigenvalue weighted by molar-refractivity contribution is 9.10. The Hall–Kier alpha value is -1.69. The number of hydrogen-bond donors (Lipinski definition) is 1. The average Bonchev–Trinajstić information content (AvgIpc) is 2.84. The molecule has 0 bridgehead atoms. The lowest BCUT2D eigenvalue weighted by Crippen LogP contribution is -2.29. The van der Waals surface area contributed by atoms with Gasteiger partial charge in [-0.15, -0.1) is 10.2 Å². The molecule has 1 heterocycles. The summed E-state index contributed by atoms with van der Waals surface area (Å²) in [6.07, 6.45) is 0.737. The molecule has 2 rings (SSSR count). The van der Waals surface area contributed by atoms with E-state index in [0.717, 1.165) is 10.9 Å². The van der Waals surface area contributed by atoms with E-state index < -0.39 is 0 Å². The van der Waals surface area contributed by atoms with Crippen molar-refractivity contribution in [3.05, 3.63) is 46.1 Å². The van der Waals surface area contributed by atoms with E-state index in [1.807, 2.05) is 12.1 Å². The number of rotatable bonds is 5. The number of benzene rings is 1. The van der Waals surface area contributed by atoms with Gasteiger partial charge in [-0.05, 0) is 30.5 Å². The maximum atomic E-state index is 12.3. The molecule has 1 aromatic heterocycles. The van der Waals surface area contributed by atoms with Crippen molar-refractivity contribution >= 4 is 21.8 Å². The summed E-state index contributed by atoms with van der Waals surface area (Å²) in [6, 6.07) is 6.97. The van der Waals surface area contributed by atoms with Gasteiger partial charge in [0, 0.05) is 17.0 Å². The van der Waals surface area contributed by atoms with Crippen LogP contribution in [0.5, 0.6) is 0 Å². The highest BCUT2D eigenvalue weighted by Gasteiger charge is 2.22. The number of hydrogen-bond acceptors (Lipinski definition) is 4.